The van der Waals surface area contributed by atoms with Gasteiger partial charge in [0.25, 0.3) is 0 Å². The Morgan fingerprint density at radius 1 is 1.11 bits per heavy atom. The number of amides is 1. The average molecular weight is 359 g/mol. The van der Waals surface area contributed by atoms with Crippen molar-refractivity contribution < 1.29 is 4.79 Å². The third-order valence-electron chi connectivity index (χ3n) is 5.08. The summed E-state index contributed by atoms with van der Waals surface area (Å²) in [6.45, 7) is 3.53. The number of carbonyl (C=O) groups excluding carboxylic acids is 1. The summed E-state index contributed by atoms with van der Waals surface area (Å²) < 4.78 is 2.14. The number of para-hydroxylation sites is 1. The number of benzene rings is 1. The number of fused-ring (bicyclic) bond motifs is 1. The molecular formula is C21H21N5O. The molecule has 1 aliphatic heterocycles. The van der Waals surface area contributed by atoms with Crippen LogP contribution in [0.2, 0.25) is 0 Å². The van der Waals surface area contributed by atoms with E-state index in [2.05, 4.69) is 38.7 Å². The van der Waals surface area contributed by atoms with Gasteiger partial charge in [0.05, 0.1) is 11.6 Å². The first kappa shape index (κ1) is 17.1. The van der Waals surface area contributed by atoms with E-state index in [0.29, 0.717) is 31.6 Å². The van der Waals surface area contributed by atoms with Gasteiger partial charge in [-0.2, -0.15) is 5.26 Å². The highest BCUT2D eigenvalue weighted by Gasteiger charge is 2.22. The summed E-state index contributed by atoms with van der Waals surface area (Å²) in [6.07, 6.45) is 4.21. The normalized spacial score (nSPS) is 14.3. The largest absolute Gasteiger partial charge is 0.353 e. The van der Waals surface area contributed by atoms with Gasteiger partial charge in [0.1, 0.15) is 5.82 Å². The zero-order chi connectivity index (χ0) is 18.6. The Bertz CT molecular complexity index is 995. The lowest BCUT2D eigenvalue weighted by Gasteiger charge is -2.35. The Labute approximate surface area is 158 Å². The van der Waals surface area contributed by atoms with E-state index in [-0.39, 0.29) is 5.91 Å². The van der Waals surface area contributed by atoms with E-state index in [1.54, 1.807) is 18.3 Å². The number of anilines is 1. The van der Waals surface area contributed by atoms with Crippen molar-refractivity contribution >= 4 is 22.6 Å². The Morgan fingerprint density at radius 2 is 1.93 bits per heavy atom. The number of piperazine rings is 1. The SMILES string of the molecule is N#Cc1ccnc(N2CCN(C(=O)CCn3ccc4ccccc43)CC2)c1. The van der Waals surface area contributed by atoms with Gasteiger partial charge in [0.2, 0.25) is 5.91 Å². The van der Waals surface area contributed by atoms with Crippen molar-refractivity contribution in [2.75, 3.05) is 31.1 Å². The van der Waals surface area contributed by atoms with Crippen LogP contribution in [0, 0.1) is 11.3 Å². The zero-order valence-electron chi connectivity index (χ0n) is 15.1. The smallest absolute Gasteiger partial charge is 0.224 e. The Morgan fingerprint density at radius 3 is 2.74 bits per heavy atom. The van der Waals surface area contributed by atoms with Crippen LogP contribution in [0.25, 0.3) is 10.9 Å². The molecule has 0 spiro atoms. The standard InChI is InChI=1S/C21H21N5O/c22-16-17-5-8-23-20(15-17)25-11-13-26(14-12-25)21(27)7-10-24-9-6-18-3-1-2-4-19(18)24/h1-6,8-9,15H,7,10-14H2. The lowest BCUT2D eigenvalue weighted by Crippen LogP contribution is -2.49. The molecule has 1 amide bonds. The third kappa shape index (κ3) is 3.63. The van der Waals surface area contributed by atoms with Gasteiger partial charge < -0.3 is 14.4 Å². The predicted octanol–water partition coefficient (Wildman–Crippen LogP) is 2.65. The van der Waals surface area contributed by atoms with Crippen LogP contribution >= 0.6 is 0 Å². The molecule has 0 unspecified atom stereocenters. The first-order chi connectivity index (χ1) is 13.2. The van der Waals surface area contributed by atoms with Gasteiger partial charge in [-0.1, -0.05) is 18.2 Å². The van der Waals surface area contributed by atoms with Crippen molar-refractivity contribution in [2.45, 2.75) is 13.0 Å². The number of aromatic nitrogens is 2. The number of rotatable bonds is 4. The van der Waals surface area contributed by atoms with E-state index >= 15 is 0 Å². The molecule has 3 aromatic rings. The van der Waals surface area contributed by atoms with E-state index in [4.69, 9.17) is 5.26 Å². The highest BCUT2D eigenvalue weighted by atomic mass is 16.2. The topological polar surface area (TPSA) is 65.2 Å². The molecule has 3 heterocycles. The molecule has 2 aromatic heterocycles. The van der Waals surface area contributed by atoms with Gasteiger partial charge in [0.15, 0.2) is 0 Å². The van der Waals surface area contributed by atoms with Crippen LogP contribution in [0.15, 0.2) is 54.9 Å². The molecule has 1 aliphatic rings. The summed E-state index contributed by atoms with van der Waals surface area (Å²) in [7, 11) is 0. The summed E-state index contributed by atoms with van der Waals surface area (Å²) in [6, 6.07) is 15.9. The molecule has 0 radical (unpaired) electrons. The average Bonchev–Trinajstić information content (AvgIpc) is 3.15. The summed E-state index contributed by atoms with van der Waals surface area (Å²) in [4.78, 5) is 21.0. The number of hydrogen-bond acceptors (Lipinski definition) is 4. The maximum atomic E-state index is 12.6. The molecule has 0 N–H and O–H groups in total. The molecule has 4 rings (SSSR count). The summed E-state index contributed by atoms with van der Waals surface area (Å²) in [5.74, 6) is 0.992. The fourth-order valence-corrected chi connectivity index (χ4v) is 3.56. The zero-order valence-corrected chi connectivity index (χ0v) is 15.1. The predicted molar refractivity (Wildman–Crippen MR) is 104 cm³/mol. The van der Waals surface area contributed by atoms with Crippen molar-refractivity contribution in [1.82, 2.24) is 14.5 Å². The second-order valence-corrected chi connectivity index (χ2v) is 6.70. The molecule has 0 aliphatic carbocycles. The fourth-order valence-electron chi connectivity index (χ4n) is 3.56. The molecule has 6 heteroatoms. The van der Waals surface area contributed by atoms with Gasteiger partial charge >= 0.3 is 0 Å². The molecule has 27 heavy (non-hydrogen) atoms. The van der Waals surface area contributed by atoms with E-state index in [1.165, 1.54) is 10.9 Å². The molecule has 0 bridgehead atoms. The maximum absolute atomic E-state index is 12.6. The van der Waals surface area contributed by atoms with Crippen molar-refractivity contribution in [3.63, 3.8) is 0 Å². The quantitative estimate of drug-likeness (QED) is 0.718. The lowest BCUT2D eigenvalue weighted by atomic mass is 10.2. The number of hydrogen-bond donors (Lipinski definition) is 0. The van der Waals surface area contributed by atoms with E-state index < -0.39 is 0 Å². The highest BCUT2D eigenvalue weighted by Crippen LogP contribution is 2.17. The highest BCUT2D eigenvalue weighted by molar-refractivity contribution is 5.80. The number of aryl methyl sites for hydroxylation is 1. The number of nitrogens with zero attached hydrogens (tertiary/aromatic N) is 5. The van der Waals surface area contributed by atoms with Crippen molar-refractivity contribution in [3.8, 4) is 6.07 Å². The molecule has 136 valence electrons. The van der Waals surface area contributed by atoms with Crippen LogP contribution in [-0.2, 0) is 11.3 Å². The first-order valence-corrected chi connectivity index (χ1v) is 9.17. The summed E-state index contributed by atoms with van der Waals surface area (Å²) >= 11 is 0. The number of pyridine rings is 1. The monoisotopic (exact) mass is 359 g/mol. The summed E-state index contributed by atoms with van der Waals surface area (Å²) in [5, 5.41) is 10.2. The fraction of sp³-hybridized carbons (Fsp3) is 0.286. The molecule has 0 saturated carbocycles. The maximum Gasteiger partial charge on any atom is 0.224 e. The minimum absolute atomic E-state index is 0.186. The third-order valence-corrected chi connectivity index (χ3v) is 5.08. The summed E-state index contributed by atoms with van der Waals surface area (Å²) in [5.41, 5.74) is 1.77. The van der Waals surface area contributed by atoms with E-state index in [0.717, 1.165) is 18.9 Å². The van der Waals surface area contributed by atoms with Crippen molar-refractivity contribution in [2.24, 2.45) is 0 Å². The van der Waals surface area contributed by atoms with Crippen molar-refractivity contribution in [1.29, 1.82) is 5.26 Å². The van der Waals surface area contributed by atoms with Crippen LogP contribution in [-0.4, -0.2) is 46.5 Å². The molecule has 1 saturated heterocycles. The second kappa shape index (κ2) is 7.50. The van der Waals surface area contributed by atoms with Gasteiger partial charge in [-0.3, -0.25) is 4.79 Å². The minimum Gasteiger partial charge on any atom is -0.353 e. The van der Waals surface area contributed by atoms with Crippen LogP contribution < -0.4 is 4.90 Å². The molecular weight excluding hydrogens is 338 g/mol. The van der Waals surface area contributed by atoms with E-state index in [1.807, 2.05) is 23.2 Å². The van der Waals surface area contributed by atoms with E-state index in [9.17, 15) is 4.79 Å². The van der Waals surface area contributed by atoms with Gasteiger partial charge in [0, 0.05) is 57.1 Å². The van der Waals surface area contributed by atoms with Gasteiger partial charge in [-0.05, 0) is 29.7 Å². The molecule has 1 fully saturated rings. The van der Waals surface area contributed by atoms with Crippen molar-refractivity contribution in [3.05, 3.63) is 60.4 Å². The molecule has 0 atom stereocenters. The minimum atomic E-state index is 0.186. The second-order valence-electron chi connectivity index (χ2n) is 6.70. The lowest BCUT2D eigenvalue weighted by molar-refractivity contribution is -0.131. The van der Waals surface area contributed by atoms with Gasteiger partial charge in [-0.25, -0.2) is 4.98 Å². The van der Waals surface area contributed by atoms with Crippen LogP contribution in [0.4, 0.5) is 5.82 Å². The Balaban J connectivity index is 1.33. The molecule has 1 aromatic carbocycles. The number of carbonyl (C=O) groups is 1. The van der Waals surface area contributed by atoms with Crippen LogP contribution in [0.5, 0.6) is 0 Å². The van der Waals surface area contributed by atoms with Crippen LogP contribution in [0.1, 0.15) is 12.0 Å². The van der Waals surface area contributed by atoms with Gasteiger partial charge in [-0.15, -0.1) is 0 Å². The Kier molecular flexibility index (Phi) is 4.75. The Hall–Kier alpha value is -3.33. The number of nitriles is 1. The molecule has 6 nitrogen and oxygen atoms in total. The van der Waals surface area contributed by atoms with Crippen LogP contribution in [0.3, 0.4) is 0 Å². The first-order valence-electron chi connectivity index (χ1n) is 9.17.